The Hall–Kier alpha value is -0.640. The zero-order chi connectivity index (χ0) is 10.7. The number of aliphatic hydroxyl groups excluding tert-OH is 1. The third-order valence-electron chi connectivity index (χ3n) is 2.23. The lowest BCUT2D eigenvalue weighted by Crippen LogP contribution is -2.33. The van der Waals surface area contributed by atoms with Crippen molar-refractivity contribution in [2.24, 2.45) is 11.7 Å². The van der Waals surface area contributed by atoms with Gasteiger partial charge in [-0.3, -0.25) is 0 Å². The average molecular weight is 215 g/mol. The second-order valence-corrected chi connectivity index (χ2v) is 4.07. The molecular formula is C10H15ClN2O. The highest BCUT2D eigenvalue weighted by atomic mass is 35.5. The van der Waals surface area contributed by atoms with E-state index in [1.165, 1.54) is 0 Å². The van der Waals surface area contributed by atoms with E-state index in [-0.39, 0.29) is 12.0 Å². The number of nitrogens with two attached hydrogens (primary N) is 1. The minimum atomic E-state index is -0.685. The Morgan fingerprint density at radius 3 is 2.64 bits per heavy atom. The van der Waals surface area contributed by atoms with Gasteiger partial charge in [-0.15, -0.1) is 0 Å². The fraction of sp³-hybridized carbons (Fsp3) is 0.500. The zero-order valence-electron chi connectivity index (χ0n) is 8.31. The van der Waals surface area contributed by atoms with Gasteiger partial charge in [-0.2, -0.15) is 0 Å². The van der Waals surface area contributed by atoms with Crippen LogP contribution >= 0.6 is 11.6 Å². The van der Waals surface area contributed by atoms with Gasteiger partial charge < -0.3 is 10.8 Å². The van der Waals surface area contributed by atoms with Gasteiger partial charge in [-0.05, 0) is 23.6 Å². The van der Waals surface area contributed by atoms with Crippen LogP contribution in [0.3, 0.4) is 0 Å². The molecule has 3 N–H and O–H groups in total. The van der Waals surface area contributed by atoms with Crippen molar-refractivity contribution in [3.63, 3.8) is 0 Å². The Labute approximate surface area is 88.9 Å². The molecule has 0 amide bonds. The van der Waals surface area contributed by atoms with Crippen molar-refractivity contribution in [3.05, 3.63) is 29.0 Å². The third kappa shape index (κ3) is 2.67. The molecular weight excluding hydrogens is 200 g/mol. The summed E-state index contributed by atoms with van der Waals surface area (Å²) in [6.45, 7) is 3.94. The second kappa shape index (κ2) is 4.73. The molecule has 1 aromatic rings. The van der Waals surface area contributed by atoms with Crippen LogP contribution in [0.25, 0.3) is 0 Å². The standard InChI is InChI=1S/C10H15ClN2O/c1-6(2)9(12)10(14)7-3-4-13-8(11)5-7/h3-6,9-10,14H,12H2,1-2H3/t9-,10-/m0/s1. The molecule has 0 aliphatic heterocycles. The number of aromatic nitrogens is 1. The fourth-order valence-corrected chi connectivity index (χ4v) is 1.37. The van der Waals surface area contributed by atoms with Crippen LogP contribution in [-0.2, 0) is 0 Å². The summed E-state index contributed by atoms with van der Waals surface area (Å²) in [7, 11) is 0. The van der Waals surface area contributed by atoms with Crippen molar-refractivity contribution in [2.75, 3.05) is 0 Å². The van der Waals surface area contributed by atoms with Crippen molar-refractivity contribution in [1.29, 1.82) is 0 Å². The van der Waals surface area contributed by atoms with Gasteiger partial charge in [-0.25, -0.2) is 4.98 Å². The highest BCUT2D eigenvalue weighted by Gasteiger charge is 2.19. The summed E-state index contributed by atoms with van der Waals surface area (Å²) in [5.74, 6) is 0.219. The van der Waals surface area contributed by atoms with Gasteiger partial charge in [0.05, 0.1) is 6.10 Å². The molecule has 78 valence electrons. The number of rotatable bonds is 3. The molecule has 0 radical (unpaired) electrons. The zero-order valence-corrected chi connectivity index (χ0v) is 9.07. The van der Waals surface area contributed by atoms with E-state index in [9.17, 15) is 5.11 Å². The molecule has 4 heteroatoms. The lowest BCUT2D eigenvalue weighted by Gasteiger charge is -2.22. The first-order valence-electron chi connectivity index (χ1n) is 4.57. The van der Waals surface area contributed by atoms with Crippen molar-refractivity contribution in [1.82, 2.24) is 4.98 Å². The molecule has 3 nitrogen and oxygen atoms in total. The summed E-state index contributed by atoms with van der Waals surface area (Å²) in [5, 5.41) is 10.2. The van der Waals surface area contributed by atoms with E-state index >= 15 is 0 Å². The van der Waals surface area contributed by atoms with Crippen LogP contribution in [-0.4, -0.2) is 16.1 Å². The molecule has 14 heavy (non-hydrogen) atoms. The predicted molar refractivity (Wildman–Crippen MR) is 57.0 cm³/mol. The molecule has 0 aliphatic carbocycles. The molecule has 0 fully saturated rings. The second-order valence-electron chi connectivity index (χ2n) is 3.68. The van der Waals surface area contributed by atoms with E-state index in [1.807, 2.05) is 13.8 Å². The monoisotopic (exact) mass is 214 g/mol. The van der Waals surface area contributed by atoms with Crippen LogP contribution in [0.15, 0.2) is 18.3 Å². The minimum Gasteiger partial charge on any atom is -0.387 e. The van der Waals surface area contributed by atoms with Gasteiger partial charge in [0.15, 0.2) is 0 Å². The van der Waals surface area contributed by atoms with Gasteiger partial charge in [0.25, 0.3) is 0 Å². The number of hydrogen-bond acceptors (Lipinski definition) is 3. The molecule has 1 aromatic heterocycles. The molecule has 0 saturated heterocycles. The highest BCUT2D eigenvalue weighted by molar-refractivity contribution is 6.29. The van der Waals surface area contributed by atoms with Crippen LogP contribution in [0.2, 0.25) is 5.15 Å². The molecule has 0 aliphatic rings. The van der Waals surface area contributed by atoms with Crippen LogP contribution < -0.4 is 5.73 Å². The smallest absolute Gasteiger partial charge is 0.129 e. The topological polar surface area (TPSA) is 59.1 Å². The lowest BCUT2D eigenvalue weighted by atomic mass is 9.95. The van der Waals surface area contributed by atoms with Gasteiger partial charge in [0.1, 0.15) is 5.15 Å². The van der Waals surface area contributed by atoms with Gasteiger partial charge in [0.2, 0.25) is 0 Å². The maximum atomic E-state index is 9.87. The van der Waals surface area contributed by atoms with E-state index in [1.54, 1.807) is 18.3 Å². The summed E-state index contributed by atoms with van der Waals surface area (Å²) in [4.78, 5) is 3.84. The highest BCUT2D eigenvalue weighted by Crippen LogP contribution is 2.21. The molecule has 0 aromatic carbocycles. The number of aliphatic hydroxyl groups is 1. The van der Waals surface area contributed by atoms with Gasteiger partial charge in [0, 0.05) is 12.2 Å². The molecule has 2 atom stereocenters. The van der Waals surface area contributed by atoms with Crippen molar-refractivity contribution >= 4 is 11.6 Å². The van der Waals surface area contributed by atoms with Crippen molar-refractivity contribution in [3.8, 4) is 0 Å². The Morgan fingerprint density at radius 2 is 2.14 bits per heavy atom. The summed E-state index contributed by atoms with van der Waals surface area (Å²) in [5.41, 5.74) is 6.54. The first-order valence-corrected chi connectivity index (χ1v) is 4.95. The number of hydrogen-bond donors (Lipinski definition) is 2. The number of halogens is 1. The maximum absolute atomic E-state index is 9.87. The molecule has 1 heterocycles. The quantitative estimate of drug-likeness (QED) is 0.754. The van der Waals surface area contributed by atoms with Crippen LogP contribution in [0.1, 0.15) is 25.5 Å². The van der Waals surface area contributed by atoms with E-state index in [0.29, 0.717) is 10.7 Å². The van der Waals surface area contributed by atoms with Crippen molar-refractivity contribution < 1.29 is 5.11 Å². The summed E-state index contributed by atoms with van der Waals surface area (Å²) < 4.78 is 0. The van der Waals surface area contributed by atoms with E-state index in [0.717, 1.165) is 0 Å². The summed E-state index contributed by atoms with van der Waals surface area (Å²) in [6.07, 6.45) is 0.879. The Kier molecular flexibility index (Phi) is 3.86. The normalized spacial score (nSPS) is 15.6. The Balaban J connectivity index is 2.83. The van der Waals surface area contributed by atoms with Crippen LogP contribution in [0.4, 0.5) is 0 Å². The molecule has 0 spiro atoms. The third-order valence-corrected chi connectivity index (χ3v) is 2.43. The Bertz CT molecular complexity index is 304. The summed E-state index contributed by atoms with van der Waals surface area (Å²) >= 11 is 5.71. The average Bonchev–Trinajstić information content (AvgIpc) is 2.15. The van der Waals surface area contributed by atoms with E-state index in [4.69, 9.17) is 17.3 Å². The van der Waals surface area contributed by atoms with Crippen LogP contribution in [0.5, 0.6) is 0 Å². The fourth-order valence-electron chi connectivity index (χ4n) is 1.19. The lowest BCUT2D eigenvalue weighted by molar-refractivity contribution is 0.125. The molecule has 0 saturated carbocycles. The first-order chi connectivity index (χ1) is 6.52. The SMILES string of the molecule is CC(C)[C@H](N)[C@@H](O)c1ccnc(Cl)c1. The van der Waals surface area contributed by atoms with Crippen molar-refractivity contribution in [2.45, 2.75) is 26.0 Å². The molecule has 1 rings (SSSR count). The predicted octanol–water partition coefficient (Wildman–Crippen LogP) is 1.75. The summed E-state index contributed by atoms with van der Waals surface area (Å²) in [6, 6.07) is 3.07. The van der Waals surface area contributed by atoms with E-state index in [2.05, 4.69) is 4.98 Å². The number of pyridine rings is 1. The maximum Gasteiger partial charge on any atom is 0.129 e. The molecule has 0 bridgehead atoms. The number of nitrogens with zero attached hydrogens (tertiary/aromatic N) is 1. The van der Waals surface area contributed by atoms with E-state index < -0.39 is 6.10 Å². The first kappa shape index (κ1) is 11.4. The Morgan fingerprint density at radius 1 is 1.50 bits per heavy atom. The minimum absolute atomic E-state index is 0.219. The van der Waals surface area contributed by atoms with Crippen LogP contribution in [0, 0.1) is 5.92 Å². The van der Waals surface area contributed by atoms with Gasteiger partial charge in [-0.1, -0.05) is 25.4 Å². The largest absolute Gasteiger partial charge is 0.387 e. The molecule has 0 unspecified atom stereocenters. The van der Waals surface area contributed by atoms with Gasteiger partial charge >= 0.3 is 0 Å².